The molecule has 20 heavy (non-hydrogen) atoms. The van der Waals surface area contributed by atoms with Crippen LogP contribution in [0.15, 0.2) is 17.5 Å². The second kappa shape index (κ2) is 6.92. The number of nitrogens with zero attached hydrogens (tertiary/aromatic N) is 1. The molecule has 1 heterocycles. The lowest BCUT2D eigenvalue weighted by molar-refractivity contribution is -0.133. The number of hydrogen-bond donors (Lipinski definition) is 1. The predicted octanol–water partition coefficient (Wildman–Crippen LogP) is 3.18. The SMILES string of the molecule is Cl.N[C@@H]1CCC[C@H]1CC(=O)N(Cc1cccs1)C1CC1. The van der Waals surface area contributed by atoms with Crippen LogP contribution < -0.4 is 5.73 Å². The van der Waals surface area contributed by atoms with E-state index in [4.69, 9.17) is 5.73 Å². The lowest BCUT2D eigenvalue weighted by Crippen LogP contribution is -2.36. The monoisotopic (exact) mass is 314 g/mol. The van der Waals surface area contributed by atoms with Crippen LogP contribution in [0.25, 0.3) is 0 Å². The second-order valence-corrected chi connectivity index (χ2v) is 6.92. The van der Waals surface area contributed by atoms with Gasteiger partial charge in [-0.25, -0.2) is 0 Å². The molecule has 0 radical (unpaired) electrons. The van der Waals surface area contributed by atoms with Gasteiger partial charge in [-0.2, -0.15) is 0 Å². The standard InChI is InChI=1S/C15H22N2OS.ClH/c16-14-5-1-3-11(14)9-15(18)17(12-6-7-12)10-13-4-2-8-19-13;/h2,4,8,11-12,14H,1,3,5-7,9-10,16H2;1H/t11-,14+;/m0./s1. The third-order valence-electron chi connectivity index (χ3n) is 4.37. The molecule has 0 spiro atoms. The molecule has 112 valence electrons. The van der Waals surface area contributed by atoms with E-state index in [-0.39, 0.29) is 18.4 Å². The van der Waals surface area contributed by atoms with Crippen LogP contribution >= 0.6 is 23.7 Å². The topological polar surface area (TPSA) is 46.3 Å². The van der Waals surface area contributed by atoms with Crippen molar-refractivity contribution in [2.45, 2.75) is 57.2 Å². The largest absolute Gasteiger partial charge is 0.335 e. The number of amides is 1. The molecule has 3 rings (SSSR count). The van der Waals surface area contributed by atoms with Crippen LogP contribution in [0, 0.1) is 5.92 Å². The molecule has 2 saturated carbocycles. The average molecular weight is 315 g/mol. The van der Waals surface area contributed by atoms with Crippen molar-refractivity contribution in [2.75, 3.05) is 0 Å². The summed E-state index contributed by atoms with van der Waals surface area (Å²) in [4.78, 5) is 15.9. The molecular weight excluding hydrogens is 292 g/mol. The first-order valence-electron chi connectivity index (χ1n) is 7.31. The molecule has 0 aromatic carbocycles. The molecule has 2 fully saturated rings. The number of nitrogens with two attached hydrogens (primary N) is 1. The van der Waals surface area contributed by atoms with E-state index >= 15 is 0 Å². The predicted molar refractivity (Wildman–Crippen MR) is 85.1 cm³/mol. The van der Waals surface area contributed by atoms with Crippen molar-refractivity contribution in [1.82, 2.24) is 4.90 Å². The zero-order chi connectivity index (χ0) is 13.2. The molecule has 2 atom stereocenters. The van der Waals surface area contributed by atoms with Crippen LogP contribution in [0.1, 0.15) is 43.4 Å². The van der Waals surface area contributed by atoms with Gasteiger partial charge in [0.15, 0.2) is 0 Å². The fourth-order valence-corrected chi connectivity index (χ4v) is 3.74. The molecule has 1 amide bonds. The second-order valence-electron chi connectivity index (χ2n) is 5.89. The van der Waals surface area contributed by atoms with Crippen LogP contribution in [0.4, 0.5) is 0 Å². The van der Waals surface area contributed by atoms with E-state index in [1.807, 2.05) is 0 Å². The molecule has 0 bridgehead atoms. The lowest BCUT2D eigenvalue weighted by Gasteiger charge is -2.24. The molecule has 0 unspecified atom stereocenters. The fourth-order valence-electron chi connectivity index (χ4n) is 3.04. The Kier molecular flexibility index (Phi) is 5.47. The molecule has 2 aliphatic rings. The van der Waals surface area contributed by atoms with Gasteiger partial charge in [-0.3, -0.25) is 4.79 Å². The highest BCUT2D eigenvalue weighted by Gasteiger charge is 2.35. The Hall–Kier alpha value is -0.580. The van der Waals surface area contributed by atoms with Gasteiger partial charge in [0, 0.05) is 23.4 Å². The number of carbonyl (C=O) groups excluding carboxylic acids is 1. The zero-order valence-electron chi connectivity index (χ0n) is 11.7. The molecule has 2 aliphatic carbocycles. The van der Waals surface area contributed by atoms with Gasteiger partial charge in [0.05, 0.1) is 6.54 Å². The van der Waals surface area contributed by atoms with Crippen LogP contribution in [-0.4, -0.2) is 22.9 Å². The summed E-state index contributed by atoms with van der Waals surface area (Å²) in [5.41, 5.74) is 6.09. The molecule has 0 aliphatic heterocycles. The van der Waals surface area contributed by atoms with E-state index in [9.17, 15) is 4.79 Å². The van der Waals surface area contributed by atoms with Gasteiger partial charge in [0.25, 0.3) is 0 Å². The maximum atomic E-state index is 12.5. The van der Waals surface area contributed by atoms with Crippen molar-refractivity contribution >= 4 is 29.7 Å². The van der Waals surface area contributed by atoms with Gasteiger partial charge in [0.1, 0.15) is 0 Å². The van der Waals surface area contributed by atoms with E-state index in [0.717, 1.165) is 19.4 Å². The Morgan fingerprint density at radius 1 is 1.35 bits per heavy atom. The van der Waals surface area contributed by atoms with E-state index in [2.05, 4.69) is 22.4 Å². The van der Waals surface area contributed by atoms with E-state index < -0.39 is 0 Å². The van der Waals surface area contributed by atoms with Crippen LogP contribution in [0.3, 0.4) is 0 Å². The highest BCUT2D eigenvalue weighted by atomic mass is 35.5. The number of hydrogen-bond acceptors (Lipinski definition) is 3. The van der Waals surface area contributed by atoms with Crippen molar-refractivity contribution in [1.29, 1.82) is 0 Å². The summed E-state index contributed by atoms with van der Waals surface area (Å²) < 4.78 is 0. The third kappa shape index (κ3) is 3.74. The first-order valence-corrected chi connectivity index (χ1v) is 8.19. The number of halogens is 1. The quantitative estimate of drug-likeness (QED) is 0.907. The zero-order valence-corrected chi connectivity index (χ0v) is 13.3. The van der Waals surface area contributed by atoms with Gasteiger partial charge >= 0.3 is 0 Å². The van der Waals surface area contributed by atoms with Crippen LogP contribution in [0.2, 0.25) is 0 Å². The van der Waals surface area contributed by atoms with Gasteiger partial charge < -0.3 is 10.6 Å². The number of carbonyl (C=O) groups is 1. The minimum Gasteiger partial charge on any atom is -0.335 e. The van der Waals surface area contributed by atoms with E-state index in [0.29, 0.717) is 24.3 Å². The van der Waals surface area contributed by atoms with Crippen molar-refractivity contribution in [3.8, 4) is 0 Å². The Labute approximate surface area is 130 Å². The van der Waals surface area contributed by atoms with Gasteiger partial charge in [-0.15, -0.1) is 23.7 Å². The van der Waals surface area contributed by atoms with Crippen LogP contribution in [-0.2, 0) is 11.3 Å². The summed E-state index contributed by atoms with van der Waals surface area (Å²) in [6.45, 7) is 0.795. The number of rotatable bonds is 5. The summed E-state index contributed by atoms with van der Waals surface area (Å²) >= 11 is 1.74. The third-order valence-corrected chi connectivity index (χ3v) is 5.23. The molecule has 1 aromatic rings. The summed E-state index contributed by atoms with van der Waals surface area (Å²) in [5, 5.41) is 2.08. The van der Waals surface area contributed by atoms with E-state index in [1.165, 1.54) is 24.1 Å². The normalized spacial score (nSPS) is 25.2. The first kappa shape index (κ1) is 15.8. The van der Waals surface area contributed by atoms with Gasteiger partial charge in [-0.05, 0) is 43.0 Å². The highest BCUT2D eigenvalue weighted by molar-refractivity contribution is 7.09. The van der Waals surface area contributed by atoms with Crippen LogP contribution in [0.5, 0.6) is 0 Å². The summed E-state index contributed by atoms with van der Waals surface area (Å²) in [7, 11) is 0. The van der Waals surface area contributed by atoms with E-state index in [1.54, 1.807) is 11.3 Å². The molecule has 0 saturated heterocycles. The Balaban J connectivity index is 0.00000147. The Morgan fingerprint density at radius 3 is 2.70 bits per heavy atom. The summed E-state index contributed by atoms with van der Waals surface area (Å²) in [6, 6.07) is 4.91. The van der Waals surface area contributed by atoms with Gasteiger partial charge in [0.2, 0.25) is 5.91 Å². The first-order chi connectivity index (χ1) is 9.24. The smallest absolute Gasteiger partial charge is 0.223 e. The van der Waals surface area contributed by atoms with Crippen molar-refractivity contribution in [3.63, 3.8) is 0 Å². The Bertz CT molecular complexity index is 433. The minimum absolute atomic E-state index is 0. The van der Waals surface area contributed by atoms with Crippen molar-refractivity contribution in [3.05, 3.63) is 22.4 Å². The number of thiophene rings is 1. The Morgan fingerprint density at radius 2 is 2.15 bits per heavy atom. The highest BCUT2D eigenvalue weighted by Crippen LogP contribution is 2.33. The van der Waals surface area contributed by atoms with Crippen molar-refractivity contribution in [2.24, 2.45) is 11.7 Å². The molecule has 2 N–H and O–H groups in total. The molecular formula is C15H23ClN2OS. The summed E-state index contributed by atoms with van der Waals surface area (Å²) in [6.07, 6.45) is 6.41. The molecule has 5 heteroatoms. The maximum absolute atomic E-state index is 12.5. The van der Waals surface area contributed by atoms with Gasteiger partial charge in [-0.1, -0.05) is 12.5 Å². The molecule has 3 nitrogen and oxygen atoms in total. The fraction of sp³-hybridized carbons (Fsp3) is 0.667. The average Bonchev–Trinajstić information content (AvgIpc) is 2.95. The summed E-state index contributed by atoms with van der Waals surface area (Å²) in [5.74, 6) is 0.732. The van der Waals surface area contributed by atoms with Crippen molar-refractivity contribution < 1.29 is 4.79 Å². The minimum atomic E-state index is 0. The maximum Gasteiger partial charge on any atom is 0.223 e. The lowest BCUT2D eigenvalue weighted by atomic mass is 9.99. The molecule has 1 aromatic heterocycles.